The number of carbonyl (C=O) groups is 1. The van der Waals surface area contributed by atoms with Gasteiger partial charge in [0.25, 0.3) is 0 Å². The predicted molar refractivity (Wildman–Crippen MR) is 150 cm³/mol. The summed E-state index contributed by atoms with van der Waals surface area (Å²) in [4.78, 5) is 12.4. The van der Waals surface area contributed by atoms with Gasteiger partial charge in [0.05, 0.1) is 18.1 Å². The van der Waals surface area contributed by atoms with Crippen LogP contribution in [0.4, 0.5) is 0 Å². The number of halogens is 1. The first-order chi connectivity index (χ1) is 17.5. The van der Waals surface area contributed by atoms with E-state index in [0.29, 0.717) is 12.1 Å². The van der Waals surface area contributed by atoms with E-state index in [1.54, 1.807) is 13.2 Å². The molecule has 2 N–H and O–H groups in total. The number of amides is 1. The van der Waals surface area contributed by atoms with Gasteiger partial charge in [0, 0.05) is 27.4 Å². The molecule has 6 rings (SSSR count). The zero-order valence-electron chi connectivity index (χ0n) is 19.6. The Morgan fingerprint density at radius 1 is 0.944 bits per heavy atom. The molecule has 0 bridgehead atoms. The fourth-order valence-corrected chi connectivity index (χ4v) is 5.57. The molecule has 0 saturated heterocycles. The molecule has 36 heavy (non-hydrogen) atoms. The summed E-state index contributed by atoms with van der Waals surface area (Å²) in [6, 6.07) is 33.9. The van der Waals surface area contributed by atoms with Crippen molar-refractivity contribution in [2.24, 2.45) is 5.73 Å². The van der Waals surface area contributed by atoms with Crippen LogP contribution in [-0.4, -0.2) is 17.6 Å². The van der Waals surface area contributed by atoms with Crippen LogP contribution in [0, 0.1) is 6.07 Å². The lowest BCUT2D eigenvalue weighted by atomic mass is 10.0. The van der Waals surface area contributed by atoms with Crippen molar-refractivity contribution in [2.45, 2.75) is 6.54 Å². The molecule has 0 fully saturated rings. The number of aromatic nitrogens is 1. The van der Waals surface area contributed by atoms with Crippen molar-refractivity contribution in [3.63, 3.8) is 0 Å². The van der Waals surface area contributed by atoms with Crippen LogP contribution in [-0.2, 0) is 6.54 Å². The number of rotatable bonds is 5. The summed E-state index contributed by atoms with van der Waals surface area (Å²) in [5, 5.41) is 4.06. The Kier molecular flexibility index (Phi) is 5.50. The minimum atomic E-state index is -0.445. The lowest BCUT2D eigenvalue weighted by Crippen LogP contribution is -2.11. The van der Waals surface area contributed by atoms with Crippen LogP contribution in [0.25, 0.3) is 43.7 Å². The molecule has 0 aliphatic rings. The highest BCUT2D eigenvalue weighted by Crippen LogP contribution is 2.36. The Bertz CT molecular complexity index is 1790. The number of ether oxygens (including phenoxy) is 1. The molecular formula is C31H22BrN2O2. The Morgan fingerprint density at radius 2 is 1.75 bits per heavy atom. The van der Waals surface area contributed by atoms with Crippen LogP contribution in [0.1, 0.15) is 15.9 Å². The maximum atomic E-state index is 12.4. The molecule has 0 saturated carbocycles. The van der Waals surface area contributed by atoms with Gasteiger partial charge in [0.2, 0.25) is 5.91 Å². The molecule has 0 unspecified atom stereocenters. The number of nitrogens with zero attached hydrogens (tertiary/aromatic N) is 1. The Balaban J connectivity index is 1.60. The molecule has 175 valence electrons. The summed E-state index contributed by atoms with van der Waals surface area (Å²) in [5.41, 5.74) is 11.5. The Labute approximate surface area is 217 Å². The molecular weight excluding hydrogens is 512 g/mol. The van der Waals surface area contributed by atoms with Crippen molar-refractivity contribution < 1.29 is 9.53 Å². The average Bonchev–Trinajstić information content (AvgIpc) is 3.23. The van der Waals surface area contributed by atoms with E-state index in [1.807, 2.05) is 54.6 Å². The van der Waals surface area contributed by atoms with Gasteiger partial charge in [0.15, 0.2) is 0 Å². The van der Waals surface area contributed by atoms with Crippen molar-refractivity contribution in [1.82, 2.24) is 4.57 Å². The zero-order valence-corrected chi connectivity index (χ0v) is 21.2. The van der Waals surface area contributed by atoms with E-state index in [4.69, 9.17) is 10.5 Å². The molecule has 1 heterocycles. The standard InChI is InChI=1S/C31H22BrN2O2/c1-36-23-14-11-19(12-15-23)21-13-16-25-28(17-21)34(27-8-4-7-26(29(25)27)31(33)35)18-22-10-9-20-5-2-3-6-24(20)30(22)32/h2-15,17H,18H2,1H3,(H2,33,35). The van der Waals surface area contributed by atoms with Gasteiger partial charge in [-0.1, -0.05) is 54.6 Å². The first-order valence-electron chi connectivity index (χ1n) is 11.6. The van der Waals surface area contributed by atoms with Gasteiger partial charge in [-0.3, -0.25) is 4.79 Å². The lowest BCUT2D eigenvalue weighted by Gasteiger charge is -2.12. The number of primary amides is 1. The first kappa shape index (κ1) is 22.4. The van der Waals surface area contributed by atoms with E-state index in [-0.39, 0.29) is 0 Å². The van der Waals surface area contributed by atoms with Gasteiger partial charge in [-0.2, -0.15) is 0 Å². The maximum absolute atomic E-state index is 12.4. The summed E-state index contributed by atoms with van der Waals surface area (Å²) in [6.45, 7) is 0.619. The largest absolute Gasteiger partial charge is 0.497 e. The highest BCUT2D eigenvalue weighted by atomic mass is 79.9. The van der Waals surface area contributed by atoms with Crippen LogP contribution in [0.3, 0.4) is 0 Å². The topological polar surface area (TPSA) is 57.2 Å². The van der Waals surface area contributed by atoms with E-state index >= 15 is 0 Å². The van der Waals surface area contributed by atoms with Crippen molar-refractivity contribution in [2.75, 3.05) is 7.11 Å². The van der Waals surface area contributed by atoms with Crippen molar-refractivity contribution in [1.29, 1.82) is 0 Å². The minimum Gasteiger partial charge on any atom is -0.497 e. The molecule has 0 atom stereocenters. The summed E-state index contributed by atoms with van der Waals surface area (Å²) < 4.78 is 8.63. The van der Waals surface area contributed by atoms with E-state index in [9.17, 15) is 4.79 Å². The molecule has 5 aromatic carbocycles. The zero-order chi connectivity index (χ0) is 24.8. The molecule has 1 radical (unpaired) electrons. The number of nitrogens with two attached hydrogens (primary N) is 1. The van der Waals surface area contributed by atoms with Crippen LogP contribution < -0.4 is 10.5 Å². The normalized spacial score (nSPS) is 11.4. The molecule has 1 amide bonds. The summed E-state index contributed by atoms with van der Waals surface area (Å²) >= 11 is 3.85. The second-order valence-electron chi connectivity index (χ2n) is 8.79. The van der Waals surface area contributed by atoms with E-state index in [0.717, 1.165) is 48.7 Å². The van der Waals surface area contributed by atoms with Gasteiger partial charge in [-0.05, 0) is 85.9 Å². The smallest absolute Gasteiger partial charge is 0.249 e. The second kappa shape index (κ2) is 8.85. The van der Waals surface area contributed by atoms with E-state index < -0.39 is 5.91 Å². The van der Waals surface area contributed by atoms with E-state index in [2.05, 4.69) is 56.9 Å². The first-order valence-corrected chi connectivity index (χ1v) is 12.4. The number of hydrogen-bond acceptors (Lipinski definition) is 2. The molecule has 5 heteroatoms. The third-order valence-corrected chi connectivity index (χ3v) is 7.69. The highest BCUT2D eigenvalue weighted by Gasteiger charge is 2.18. The van der Waals surface area contributed by atoms with Crippen LogP contribution in [0.2, 0.25) is 0 Å². The van der Waals surface area contributed by atoms with Crippen LogP contribution >= 0.6 is 15.9 Å². The number of methoxy groups -OCH3 is 1. The van der Waals surface area contributed by atoms with Gasteiger partial charge < -0.3 is 15.0 Å². The number of fused-ring (bicyclic) bond motifs is 4. The average molecular weight is 534 g/mol. The van der Waals surface area contributed by atoms with Gasteiger partial charge in [-0.25, -0.2) is 0 Å². The summed E-state index contributed by atoms with van der Waals surface area (Å²) in [7, 11) is 1.66. The highest BCUT2D eigenvalue weighted by molar-refractivity contribution is 9.10. The third kappa shape index (κ3) is 3.64. The summed E-state index contributed by atoms with van der Waals surface area (Å²) in [5.74, 6) is 0.365. The molecule has 4 nitrogen and oxygen atoms in total. The maximum Gasteiger partial charge on any atom is 0.249 e. The van der Waals surface area contributed by atoms with E-state index in [1.165, 1.54) is 10.8 Å². The van der Waals surface area contributed by atoms with Crippen LogP contribution in [0.15, 0.2) is 95.5 Å². The SMILES string of the molecule is COc1ccc(-c2c[c]c3c4c(C(N)=O)cccc4n(Cc4ccc5ccccc5c4Br)c3c2)cc1. The second-order valence-corrected chi connectivity index (χ2v) is 9.58. The fraction of sp³-hybridized carbons (Fsp3) is 0.0645. The fourth-order valence-electron chi connectivity index (χ4n) is 4.95. The predicted octanol–water partition coefficient (Wildman–Crippen LogP) is 7.33. The van der Waals surface area contributed by atoms with Gasteiger partial charge in [0.1, 0.15) is 5.75 Å². The van der Waals surface area contributed by atoms with Gasteiger partial charge in [-0.15, -0.1) is 0 Å². The van der Waals surface area contributed by atoms with Crippen molar-refractivity contribution in [3.8, 4) is 16.9 Å². The molecule has 0 spiro atoms. The Morgan fingerprint density at radius 3 is 2.53 bits per heavy atom. The monoisotopic (exact) mass is 533 g/mol. The molecule has 0 aliphatic heterocycles. The number of carbonyl (C=O) groups excluding carboxylic acids is 1. The van der Waals surface area contributed by atoms with Crippen LogP contribution in [0.5, 0.6) is 5.75 Å². The Hall–Kier alpha value is -4.09. The van der Waals surface area contributed by atoms with Gasteiger partial charge >= 0.3 is 0 Å². The lowest BCUT2D eigenvalue weighted by molar-refractivity contribution is 0.100. The molecule has 6 aromatic rings. The molecule has 1 aromatic heterocycles. The quantitative estimate of drug-likeness (QED) is 0.252. The summed E-state index contributed by atoms with van der Waals surface area (Å²) in [6.07, 6.45) is 0. The van der Waals surface area contributed by atoms with Crippen molar-refractivity contribution in [3.05, 3.63) is 113 Å². The van der Waals surface area contributed by atoms with Crippen molar-refractivity contribution >= 4 is 54.4 Å². The minimum absolute atomic E-state index is 0.445. The third-order valence-electron chi connectivity index (χ3n) is 6.75. The number of hydrogen-bond donors (Lipinski definition) is 1. The number of benzene rings is 5. The molecule has 0 aliphatic carbocycles.